The van der Waals surface area contributed by atoms with Gasteiger partial charge in [0.15, 0.2) is 5.11 Å². The van der Waals surface area contributed by atoms with Gasteiger partial charge in [-0.2, -0.15) is 0 Å². The molecule has 0 spiro atoms. The van der Waals surface area contributed by atoms with Gasteiger partial charge in [-0.05, 0) is 42.0 Å². The van der Waals surface area contributed by atoms with Crippen molar-refractivity contribution in [3.8, 4) is 5.75 Å². The molecule has 2 aromatic rings. The predicted molar refractivity (Wildman–Crippen MR) is 98.8 cm³/mol. The first-order valence-electron chi connectivity index (χ1n) is 7.38. The number of amides is 1. The normalized spacial score (nSPS) is 10.0. The van der Waals surface area contributed by atoms with Crippen LogP contribution in [0.2, 0.25) is 5.02 Å². The lowest BCUT2D eigenvalue weighted by Crippen LogP contribution is -2.47. The van der Waals surface area contributed by atoms with Gasteiger partial charge in [-0.25, -0.2) is 4.39 Å². The SMILES string of the molecule is COc1ccc(CNC(=S)NNC(=O)Cc2c(F)cccc2Cl)cc1. The highest BCUT2D eigenvalue weighted by Crippen LogP contribution is 2.19. The number of nitrogens with one attached hydrogen (secondary N) is 3. The average molecular weight is 382 g/mol. The first kappa shape index (κ1) is 19.0. The van der Waals surface area contributed by atoms with E-state index in [9.17, 15) is 9.18 Å². The number of methoxy groups -OCH3 is 1. The molecule has 132 valence electrons. The Bertz CT molecular complexity index is 736. The summed E-state index contributed by atoms with van der Waals surface area (Å²) in [5.41, 5.74) is 6.10. The number of hydrogen-bond donors (Lipinski definition) is 3. The van der Waals surface area contributed by atoms with E-state index in [-0.39, 0.29) is 22.1 Å². The highest BCUT2D eigenvalue weighted by atomic mass is 35.5. The van der Waals surface area contributed by atoms with Gasteiger partial charge in [0, 0.05) is 17.1 Å². The topological polar surface area (TPSA) is 62.4 Å². The summed E-state index contributed by atoms with van der Waals surface area (Å²) in [5.74, 6) is -0.216. The van der Waals surface area contributed by atoms with Gasteiger partial charge in [-0.1, -0.05) is 29.8 Å². The molecule has 25 heavy (non-hydrogen) atoms. The molecule has 2 aromatic carbocycles. The molecule has 5 nitrogen and oxygen atoms in total. The van der Waals surface area contributed by atoms with Crippen LogP contribution in [0.3, 0.4) is 0 Å². The third-order valence-corrected chi connectivity index (χ3v) is 3.93. The van der Waals surface area contributed by atoms with Crippen molar-refractivity contribution in [1.29, 1.82) is 0 Å². The van der Waals surface area contributed by atoms with Gasteiger partial charge in [0.05, 0.1) is 13.5 Å². The second kappa shape index (κ2) is 9.19. The molecular formula is C17H17ClFN3O2S. The van der Waals surface area contributed by atoms with Gasteiger partial charge in [-0.3, -0.25) is 15.6 Å². The molecular weight excluding hydrogens is 365 g/mol. The first-order chi connectivity index (χ1) is 12.0. The number of thiocarbonyl (C=S) groups is 1. The number of benzene rings is 2. The fourth-order valence-corrected chi connectivity index (χ4v) is 2.36. The molecule has 0 bridgehead atoms. The number of hydrogen-bond acceptors (Lipinski definition) is 3. The van der Waals surface area contributed by atoms with E-state index < -0.39 is 11.7 Å². The van der Waals surface area contributed by atoms with Crippen molar-refractivity contribution < 1.29 is 13.9 Å². The molecule has 2 rings (SSSR count). The van der Waals surface area contributed by atoms with Crippen molar-refractivity contribution >= 4 is 34.8 Å². The maximum atomic E-state index is 13.6. The maximum absolute atomic E-state index is 13.6. The Morgan fingerprint density at radius 3 is 2.56 bits per heavy atom. The van der Waals surface area contributed by atoms with E-state index in [1.54, 1.807) is 7.11 Å². The summed E-state index contributed by atoms with van der Waals surface area (Å²) in [5, 5.41) is 3.39. The minimum absolute atomic E-state index is 0.139. The second-order valence-corrected chi connectivity index (χ2v) is 5.90. The van der Waals surface area contributed by atoms with Crippen LogP contribution in [0.1, 0.15) is 11.1 Å². The highest BCUT2D eigenvalue weighted by molar-refractivity contribution is 7.80. The Morgan fingerprint density at radius 2 is 1.92 bits per heavy atom. The largest absolute Gasteiger partial charge is 0.497 e. The molecule has 8 heteroatoms. The summed E-state index contributed by atoms with van der Waals surface area (Å²) in [6, 6.07) is 11.7. The standard InChI is InChI=1S/C17H17ClFN3O2S/c1-24-12-7-5-11(6-8-12)10-20-17(25)22-21-16(23)9-13-14(18)3-2-4-15(13)19/h2-8H,9-10H2,1H3,(H,21,23)(H2,20,22,25). The summed E-state index contributed by atoms with van der Waals surface area (Å²) in [7, 11) is 1.60. The fraction of sp³-hybridized carbons (Fsp3) is 0.176. The van der Waals surface area contributed by atoms with E-state index in [1.807, 2.05) is 24.3 Å². The minimum Gasteiger partial charge on any atom is -0.497 e. The molecule has 0 aliphatic carbocycles. The Morgan fingerprint density at radius 1 is 1.20 bits per heavy atom. The van der Waals surface area contributed by atoms with Crippen molar-refractivity contribution in [2.24, 2.45) is 0 Å². The molecule has 0 unspecified atom stereocenters. The van der Waals surface area contributed by atoms with Crippen molar-refractivity contribution in [3.05, 3.63) is 64.4 Å². The Kier molecular flexibility index (Phi) is 6.97. The van der Waals surface area contributed by atoms with Crippen molar-refractivity contribution in [1.82, 2.24) is 16.2 Å². The van der Waals surface area contributed by atoms with E-state index in [0.29, 0.717) is 6.54 Å². The molecule has 0 heterocycles. The predicted octanol–water partition coefficient (Wildman–Crippen LogP) is 2.73. The van der Waals surface area contributed by atoms with Crippen LogP contribution < -0.4 is 20.9 Å². The molecule has 0 aliphatic rings. The molecule has 1 amide bonds. The third kappa shape index (κ3) is 5.88. The van der Waals surface area contributed by atoms with Crippen LogP contribution in [0.4, 0.5) is 4.39 Å². The average Bonchev–Trinajstić information content (AvgIpc) is 2.62. The van der Waals surface area contributed by atoms with Crippen molar-refractivity contribution in [2.75, 3.05) is 7.11 Å². The van der Waals surface area contributed by atoms with Crippen LogP contribution in [0, 0.1) is 5.82 Å². The zero-order valence-corrected chi connectivity index (χ0v) is 15.0. The highest BCUT2D eigenvalue weighted by Gasteiger charge is 2.11. The zero-order chi connectivity index (χ0) is 18.2. The molecule has 0 aromatic heterocycles. The molecule has 0 fully saturated rings. The van der Waals surface area contributed by atoms with Crippen LogP contribution in [-0.2, 0) is 17.8 Å². The van der Waals surface area contributed by atoms with Crippen LogP contribution >= 0.6 is 23.8 Å². The summed E-state index contributed by atoms with van der Waals surface area (Å²) in [6.45, 7) is 0.477. The van der Waals surface area contributed by atoms with E-state index in [2.05, 4.69) is 16.2 Å². The lowest BCUT2D eigenvalue weighted by Gasteiger charge is -2.12. The molecule has 3 N–H and O–H groups in total. The van der Waals surface area contributed by atoms with E-state index >= 15 is 0 Å². The van der Waals surface area contributed by atoms with E-state index in [0.717, 1.165) is 11.3 Å². The molecule has 0 saturated carbocycles. The van der Waals surface area contributed by atoms with Crippen LogP contribution in [-0.4, -0.2) is 18.1 Å². The smallest absolute Gasteiger partial charge is 0.242 e. The lowest BCUT2D eigenvalue weighted by molar-refractivity contribution is -0.121. The fourth-order valence-electron chi connectivity index (χ4n) is 2.00. The summed E-state index contributed by atoms with van der Waals surface area (Å²) in [6.07, 6.45) is -0.195. The van der Waals surface area contributed by atoms with Crippen LogP contribution in [0.25, 0.3) is 0 Å². The van der Waals surface area contributed by atoms with Gasteiger partial charge in [0.1, 0.15) is 11.6 Å². The Hall–Kier alpha value is -2.38. The summed E-state index contributed by atoms with van der Waals surface area (Å²) in [4.78, 5) is 11.9. The molecule has 0 radical (unpaired) electrons. The number of halogens is 2. The Labute approximate surface area is 155 Å². The van der Waals surface area contributed by atoms with Crippen LogP contribution in [0.5, 0.6) is 5.75 Å². The quantitative estimate of drug-likeness (QED) is 0.549. The number of carbonyl (C=O) groups excluding carboxylic acids is 1. The van der Waals surface area contributed by atoms with Gasteiger partial charge in [-0.15, -0.1) is 0 Å². The van der Waals surface area contributed by atoms with Crippen LogP contribution in [0.15, 0.2) is 42.5 Å². The number of rotatable bonds is 5. The molecule has 0 aliphatic heterocycles. The zero-order valence-electron chi connectivity index (χ0n) is 13.4. The van der Waals surface area contributed by atoms with E-state index in [4.69, 9.17) is 28.6 Å². The molecule has 0 saturated heterocycles. The number of carbonyl (C=O) groups is 1. The number of ether oxygens (including phenoxy) is 1. The van der Waals surface area contributed by atoms with Crippen molar-refractivity contribution in [2.45, 2.75) is 13.0 Å². The first-order valence-corrected chi connectivity index (χ1v) is 8.16. The van der Waals surface area contributed by atoms with Gasteiger partial charge < -0.3 is 10.1 Å². The Balaban J connectivity index is 1.76. The van der Waals surface area contributed by atoms with Crippen molar-refractivity contribution in [3.63, 3.8) is 0 Å². The third-order valence-electron chi connectivity index (χ3n) is 3.33. The lowest BCUT2D eigenvalue weighted by atomic mass is 10.1. The molecule has 0 atom stereocenters. The monoisotopic (exact) mass is 381 g/mol. The number of hydrazine groups is 1. The maximum Gasteiger partial charge on any atom is 0.242 e. The second-order valence-electron chi connectivity index (χ2n) is 5.08. The van der Waals surface area contributed by atoms with Gasteiger partial charge in [0.25, 0.3) is 0 Å². The van der Waals surface area contributed by atoms with Gasteiger partial charge in [0.2, 0.25) is 5.91 Å². The summed E-state index contributed by atoms with van der Waals surface area (Å²) < 4.78 is 18.7. The summed E-state index contributed by atoms with van der Waals surface area (Å²) >= 11 is 11.0. The van der Waals surface area contributed by atoms with Gasteiger partial charge >= 0.3 is 0 Å². The van der Waals surface area contributed by atoms with E-state index in [1.165, 1.54) is 18.2 Å². The minimum atomic E-state index is -0.525.